The Morgan fingerprint density at radius 1 is 1.00 bits per heavy atom. The molecule has 3 rings (SSSR count). The van der Waals surface area contributed by atoms with Crippen molar-refractivity contribution in [2.75, 3.05) is 60.1 Å². The molecule has 1 aliphatic heterocycles. The number of carbonyl (C=O) groups is 1. The van der Waals surface area contributed by atoms with E-state index >= 15 is 0 Å². The fourth-order valence-corrected chi connectivity index (χ4v) is 5.78. The Morgan fingerprint density at radius 3 is 2.16 bits per heavy atom. The van der Waals surface area contributed by atoms with Gasteiger partial charge in [-0.15, -0.1) is 6.07 Å². The van der Waals surface area contributed by atoms with Crippen molar-refractivity contribution in [3.8, 4) is 28.7 Å². The van der Waals surface area contributed by atoms with E-state index in [1.54, 1.807) is 21.3 Å². The Balaban J connectivity index is 0.000000464. The van der Waals surface area contributed by atoms with Crippen molar-refractivity contribution in [2.45, 2.75) is 43.9 Å². The normalized spacial score (nSPS) is 14.5. The van der Waals surface area contributed by atoms with Crippen molar-refractivity contribution in [3.05, 3.63) is 35.9 Å². The average molecular weight is 687 g/mol. The summed E-state index contributed by atoms with van der Waals surface area (Å²) in [6.07, 6.45) is 1.82. The van der Waals surface area contributed by atoms with Crippen molar-refractivity contribution < 1.29 is 112 Å². The molecule has 0 radical (unpaired) electrons. The van der Waals surface area contributed by atoms with Gasteiger partial charge in [0.2, 0.25) is 5.75 Å². The molecule has 2 aromatic rings. The zero-order chi connectivity index (χ0) is 32.0. The number of phosphoric ester groups is 1. The molecule has 2 aromatic carbocycles. The summed E-state index contributed by atoms with van der Waals surface area (Å²) in [5, 5.41) is 0. The summed E-state index contributed by atoms with van der Waals surface area (Å²) in [7, 11) is -3.58. The van der Waals surface area contributed by atoms with Crippen molar-refractivity contribution >= 4 is 23.4 Å². The Hall–Kier alpha value is -1.23. The number of sulfone groups is 1. The van der Waals surface area contributed by atoms with Crippen LogP contribution in [0.1, 0.15) is 44.6 Å². The number of Topliss-reactive ketones (excluding diaryl/α,β-unsaturated/α-hetero) is 1. The van der Waals surface area contributed by atoms with E-state index in [2.05, 4.69) is 10.6 Å². The molecule has 44 heavy (non-hydrogen) atoms. The van der Waals surface area contributed by atoms with Crippen LogP contribution in [0, 0.1) is 6.07 Å². The molecular formula is C28H40KO13PS. The van der Waals surface area contributed by atoms with Crippen molar-refractivity contribution in [1.29, 1.82) is 0 Å². The van der Waals surface area contributed by atoms with E-state index in [1.165, 1.54) is 24.6 Å². The molecule has 1 fully saturated rings. The molecule has 16 heteroatoms. The maximum atomic E-state index is 12.4. The summed E-state index contributed by atoms with van der Waals surface area (Å²) in [5.41, 5.74) is 1.18. The second-order valence-electron chi connectivity index (χ2n) is 9.37. The van der Waals surface area contributed by atoms with Gasteiger partial charge >= 0.3 is 59.2 Å². The average Bonchev–Trinajstić information content (AvgIpc) is 3.49. The molecule has 0 amide bonds. The number of ketones is 1. The minimum Gasteiger partial charge on any atom is -0.547 e. The molecule has 0 spiro atoms. The van der Waals surface area contributed by atoms with E-state index in [0.717, 1.165) is 19.6 Å². The monoisotopic (exact) mass is 686 g/mol. The number of hydrogen-bond acceptors (Lipinski definition) is 11. The quantitative estimate of drug-likeness (QED) is 0.110. The van der Waals surface area contributed by atoms with Gasteiger partial charge in [-0.2, -0.15) is 12.1 Å². The van der Waals surface area contributed by atoms with Crippen LogP contribution in [-0.2, 0) is 28.5 Å². The van der Waals surface area contributed by atoms with Gasteiger partial charge < -0.3 is 38.2 Å². The number of phosphoric acid groups is 1. The predicted octanol–water partition coefficient (Wildman–Crippen LogP) is 0.737. The maximum absolute atomic E-state index is 12.4. The standard InChI is InChI=1S/C15H22O9PS.C13H18O4.K/c1-3-8-23-15-13(22-9-5-10-24-25(17,18)19)6-4-7-14(15)26(20,21)11-12(2)16;1-14-11-6-10(9-4-5-17-8-9)7-12(15-2)13(11)16-3;/h6-7H,3,5,8-11H2,1-2H3,(H2,17,18,19);6-7,9H,4-5,8H2,1-3H3;/q-1;;+1/t;9-;/m.1./s1. The topological polar surface area (TPSA) is 173 Å². The van der Waals surface area contributed by atoms with E-state index in [-0.39, 0.29) is 94.0 Å². The first-order valence-electron chi connectivity index (χ1n) is 13.5. The first-order valence-corrected chi connectivity index (χ1v) is 16.6. The Kier molecular flexibility index (Phi) is 18.6. The first-order chi connectivity index (χ1) is 20.4. The zero-order valence-corrected chi connectivity index (χ0v) is 30.8. The van der Waals surface area contributed by atoms with Crippen LogP contribution in [0.15, 0.2) is 29.2 Å². The minimum atomic E-state index is -4.54. The van der Waals surface area contributed by atoms with Crippen LogP contribution >= 0.6 is 7.82 Å². The molecule has 0 aromatic heterocycles. The molecule has 0 aliphatic carbocycles. The van der Waals surface area contributed by atoms with Gasteiger partial charge in [0.25, 0.3) is 0 Å². The molecular weight excluding hydrogens is 646 g/mol. The van der Waals surface area contributed by atoms with Crippen LogP contribution < -0.4 is 75.1 Å². The largest absolute Gasteiger partial charge is 1.00 e. The molecule has 13 nitrogen and oxygen atoms in total. The molecule has 242 valence electrons. The summed E-state index contributed by atoms with van der Waals surface area (Å²) in [4.78, 5) is 28.2. The number of ether oxygens (including phenoxy) is 6. The van der Waals surface area contributed by atoms with Gasteiger partial charge in [-0.3, -0.25) is 9.32 Å². The van der Waals surface area contributed by atoms with Crippen LogP contribution in [0.4, 0.5) is 0 Å². The van der Waals surface area contributed by atoms with Gasteiger partial charge in [-0.1, -0.05) is 6.92 Å². The number of carbonyl (C=O) groups excluding carboxylic acids is 1. The fraction of sp³-hybridized carbons (Fsp3) is 0.536. The zero-order valence-electron chi connectivity index (χ0n) is 26.0. The van der Waals surface area contributed by atoms with E-state index in [9.17, 15) is 17.8 Å². The van der Waals surface area contributed by atoms with Crippen molar-refractivity contribution in [3.63, 3.8) is 0 Å². The van der Waals surface area contributed by atoms with E-state index < -0.39 is 29.2 Å². The Labute approximate surface area is 301 Å². The Morgan fingerprint density at radius 2 is 1.66 bits per heavy atom. The first kappa shape index (κ1) is 40.8. The molecule has 2 N–H and O–H groups in total. The predicted molar refractivity (Wildman–Crippen MR) is 156 cm³/mol. The van der Waals surface area contributed by atoms with Crippen LogP contribution in [0.2, 0.25) is 0 Å². The fourth-order valence-electron chi connectivity index (χ4n) is 4.03. The van der Waals surface area contributed by atoms with E-state index in [0.29, 0.717) is 29.6 Å². The smallest absolute Gasteiger partial charge is 0.547 e. The second kappa shape index (κ2) is 20.1. The maximum Gasteiger partial charge on any atom is 1.00 e. The summed E-state index contributed by atoms with van der Waals surface area (Å²) >= 11 is 0. The van der Waals surface area contributed by atoms with Crippen molar-refractivity contribution in [2.24, 2.45) is 0 Å². The number of hydrogen-bond donors (Lipinski definition) is 2. The molecule has 0 unspecified atom stereocenters. The summed E-state index contributed by atoms with van der Waals surface area (Å²) < 4.78 is 72.0. The van der Waals surface area contributed by atoms with Gasteiger partial charge in [0.05, 0.1) is 53.5 Å². The summed E-state index contributed by atoms with van der Waals surface area (Å²) in [5.74, 6) is 1.39. The minimum absolute atomic E-state index is 0. The van der Waals surface area contributed by atoms with Crippen LogP contribution in [0.5, 0.6) is 28.7 Å². The number of rotatable bonds is 16. The third-order valence-electron chi connectivity index (χ3n) is 5.95. The van der Waals surface area contributed by atoms with Crippen LogP contribution in [-0.4, -0.2) is 84.1 Å². The third kappa shape index (κ3) is 13.2. The molecule has 1 saturated heterocycles. The number of methoxy groups -OCH3 is 3. The third-order valence-corrected chi connectivity index (χ3v) is 8.23. The van der Waals surface area contributed by atoms with Crippen LogP contribution in [0.3, 0.4) is 0 Å². The summed E-state index contributed by atoms with van der Waals surface area (Å²) in [6.45, 7) is 4.62. The molecule has 1 atom stereocenters. The molecule has 1 heterocycles. The van der Waals surface area contributed by atoms with Gasteiger partial charge in [-0.25, -0.2) is 13.0 Å². The number of benzene rings is 2. The van der Waals surface area contributed by atoms with Gasteiger partial charge in [0, 0.05) is 29.6 Å². The van der Waals surface area contributed by atoms with Gasteiger partial charge in [0.15, 0.2) is 11.5 Å². The van der Waals surface area contributed by atoms with E-state index in [1.807, 2.05) is 19.1 Å². The van der Waals surface area contributed by atoms with E-state index in [4.69, 9.17) is 38.2 Å². The van der Waals surface area contributed by atoms with Gasteiger partial charge in [-0.05, 0) is 37.5 Å². The van der Waals surface area contributed by atoms with Gasteiger partial charge in [0.1, 0.15) is 21.4 Å². The molecule has 0 bridgehead atoms. The molecule has 0 saturated carbocycles. The second-order valence-corrected chi connectivity index (χ2v) is 12.6. The van der Waals surface area contributed by atoms with Crippen molar-refractivity contribution in [1.82, 2.24) is 0 Å². The molecule has 1 aliphatic rings. The SMILES string of the molecule is CCCOc1c(OCCCOP(=O)(O)O)c[c-]cc1S(=O)(=O)CC(C)=O.COc1cc([C@@H]2CCOC2)cc(OC)c1OC.[K+]. The van der Waals surface area contributed by atoms with Crippen LogP contribution in [0.25, 0.3) is 0 Å². The Bertz CT molecular complexity index is 1320. The summed E-state index contributed by atoms with van der Waals surface area (Å²) in [6, 6.07) is 9.25.